The number of aromatic nitrogens is 1. The van der Waals surface area contributed by atoms with E-state index in [1.54, 1.807) is 18.1 Å². The molecule has 2 rings (SSSR count). The van der Waals surface area contributed by atoms with Crippen LogP contribution in [0.5, 0.6) is 0 Å². The number of nitrogens with one attached hydrogen (secondary N) is 1. The van der Waals surface area contributed by atoms with Crippen molar-refractivity contribution >= 4 is 12.0 Å². The van der Waals surface area contributed by atoms with Crippen molar-refractivity contribution in [2.24, 2.45) is 0 Å². The maximum Gasteiger partial charge on any atom is 0.354 e. The number of rotatable bonds is 4. The lowest BCUT2D eigenvalue weighted by Crippen LogP contribution is -2.45. The Hall–Kier alpha value is -2.15. The molecule has 1 aromatic heterocycles. The number of likely N-dealkylation sites (tertiary alicyclic amines) is 1. The third kappa shape index (κ3) is 4.16. The summed E-state index contributed by atoms with van der Waals surface area (Å²) in [7, 11) is 1.69. The SMILES string of the molecule is COC1CCN(C(=O)NCc2ccc(C(=O)O)nc2)CC1. The van der Waals surface area contributed by atoms with E-state index in [9.17, 15) is 9.59 Å². The number of carboxylic acid groups (broad SMARTS) is 1. The second kappa shape index (κ2) is 7.03. The Kier molecular flexibility index (Phi) is 5.10. The molecule has 114 valence electrons. The van der Waals surface area contributed by atoms with Crippen LogP contribution in [0.2, 0.25) is 0 Å². The molecule has 0 bridgehead atoms. The van der Waals surface area contributed by atoms with Crippen molar-refractivity contribution in [1.82, 2.24) is 15.2 Å². The standard InChI is InChI=1S/C14H19N3O4/c1-21-11-4-6-17(7-5-11)14(20)16-9-10-2-3-12(13(18)19)15-8-10/h2-3,8,11H,4-7,9H2,1H3,(H,16,20)(H,18,19). The predicted octanol–water partition coefficient (Wildman–Crippen LogP) is 1.10. The van der Waals surface area contributed by atoms with Gasteiger partial charge in [-0.25, -0.2) is 14.6 Å². The lowest BCUT2D eigenvalue weighted by Gasteiger charge is -2.31. The van der Waals surface area contributed by atoms with Crippen LogP contribution < -0.4 is 5.32 Å². The topological polar surface area (TPSA) is 91.8 Å². The van der Waals surface area contributed by atoms with Crippen LogP contribution in [-0.4, -0.2) is 53.3 Å². The number of hydrogen-bond donors (Lipinski definition) is 2. The molecule has 0 saturated carbocycles. The van der Waals surface area contributed by atoms with E-state index in [0.29, 0.717) is 19.6 Å². The minimum Gasteiger partial charge on any atom is -0.477 e. The van der Waals surface area contributed by atoms with E-state index in [0.717, 1.165) is 18.4 Å². The summed E-state index contributed by atoms with van der Waals surface area (Å²) in [5.41, 5.74) is 0.756. The van der Waals surface area contributed by atoms with Gasteiger partial charge in [-0.3, -0.25) is 0 Å². The first-order chi connectivity index (χ1) is 10.1. The Morgan fingerprint density at radius 2 is 2.14 bits per heavy atom. The summed E-state index contributed by atoms with van der Waals surface area (Å²) in [5, 5.41) is 11.6. The number of carboxylic acids is 1. The van der Waals surface area contributed by atoms with Crippen molar-refractivity contribution in [3.63, 3.8) is 0 Å². The molecule has 1 aliphatic rings. The molecule has 2 N–H and O–H groups in total. The Morgan fingerprint density at radius 1 is 1.43 bits per heavy atom. The number of carbonyl (C=O) groups excluding carboxylic acids is 1. The molecule has 1 aliphatic heterocycles. The molecule has 0 spiro atoms. The number of urea groups is 1. The fraction of sp³-hybridized carbons (Fsp3) is 0.500. The molecule has 0 unspecified atom stereocenters. The molecule has 0 aliphatic carbocycles. The second-order valence-electron chi connectivity index (χ2n) is 4.94. The van der Waals surface area contributed by atoms with Gasteiger partial charge < -0.3 is 20.1 Å². The minimum absolute atomic E-state index is 0.00767. The summed E-state index contributed by atoms with van der Waals surface area (Å²) in [4.78, 5) is 28.3. The average molecular weight is 293 g/mol. The van der Waals surface area contributed by atoms with E-state index >= 15 is 0 Å². The molecule has 7 nitrogen and oxygen atoms in total. The van der Waals surface area contributed by atoms with Crippen molar-refractivity contribution in [3.8, 4) is 0 Å². The number of piperidine rings is 1. The number of methoxy groups -OCH3 is 1. The lowest BCUT2D eigenvalue weighted by molar-refractivity contribution is 0.0503. The van der Waals surface area contributed by atoms with Crippen LogP contribution in [0, 0.1) is 0 Å². The first-order valence-electron chi connectivity index (χ1n) is 6.84. The first-order valence-corrected chi connectivity index (χ1v) is 6.84. The third-order valence-electron chi connectivity index (χ3n) is 3.55. The average Bonchev–Trinajstić information content (AvgIpc) is 2.53. The third-order valence-corrected chi connectivity index (χ3v) is 3.55. The lowest BCUT2D eigenvalue weighted by atomic mass is 10.1. The van der Waals surface area contributed by atoms with Crippen molar-refractivity contribution < 1.29 is 19.4 Å². The van der Waals surface area contributed by atoms with Crippen molar-refractivity contribution in [1.29, 1.82) is 0 Å². The molecule has 1 aromatic rings. The predicted molar refractivity (Wildman–Crippen MR) is 75.0 cm³/mol. The highest BCUT2D eigenvalue weighted by atomic mass is 16.5. The summed E-state index contributed by atoms with van der Waals surface area (Å²) >= 11 is 0. The summed E-state index contributed by atoms with van der Waals surface area (Å²) in [5.74, 6) is -1.06. The molecule has 21 heavy (non-hydrogen) atoms. The number of hydrogen-bond acceptors (Lipinski definition) is 4. The normalized spacial score (nSPS) is 15.8. The Balaban J connectivity index is 1.80. The first kappa shape index (κ1) is 15.2. The Bertz CT molecular complexity index is 495. The van der Waals surface area contributed by atoms with E-state index in [4.69, 9.17) is 9.84 Å². The molecule has 0 atom stereocenters. The van der Waals surface area contributed by atoms with E-state index in [1.165, 1.54) is 12.3 Å². The van der Waals surface area contributed by atoms with Gasteiger partial charge in [0, 0.05) is 32.9 Å². The van der Waals surface area contributed by atoms with E-state index in [2.05, 4.69) is 10.3 Å². The smallest absolute Gasteiger partial charge is 0.354 e. The summed E-state index contributed by atoms with van der Waals surface area (Å²) < 4.78 is 5.26. The fourth-order valence-corrected chi connectivity index (χ4v) is 2.24. The van der Waals surface area contributed by atoms with Gasteiger partial charge in [0.05, 0.1) is 6.10 Å². The summed E-state index contributed by atoms with van der Waals surface area (Å²) in [6, 6.07) is 2.95. The Labute approximate surface area is 122 Å². The highest BCUT2D eigenvalue weighted by Gasteiger charge is 2.22. The van der Waals surface area contributed by atoms with Crippen LogP contribution in [0.15, 0.2) is 18.3 Å². The Morgan fingerprint density at radius 3 is 2.67 bits per heavy atom. The van der Waals surface area contributed by atoms with Gasteiger partial charge in [0.15, 0.2) is 0 Å². The fourth-order valence-electron chi connectivity index (χ4n) is 2.24. The van der Waals surface area contributed by atoms with Crippen LogP contribution >= 0.6 is 0 Å². The molecule has 1 saturated heterocycles. The van der Waals surface area contributed by atoms with Gasteiger partial charge in [0.25, 0.3) is 0 Å². The van der Waals surface area contributed by atoms with Gasteiger partial charge in [0.1, 0.15) is 5.69 Å². The molecule has 2 amide bonds. The molecule has 2 heterocycles. The monoisotopic (exact) mass is 293 g/mol. The van der Waals surface area contributed by atoms with Gasteiger partial charge in [-0.05, 0) is 24.5 Å². The van der Waals surface area contributed by atoms with Gasteiger partial charge in [0.2, 0.25) is 0 Å². The van der Waals surface area contributed by atoms with Crippen LogP contribution in [0.1, 0.15) is 28.9 Å². The largest absolute Gasteiger partial charge is 0.477 e. The molecule has 0 radical (unpaired) electrons. The van der Waals surface area contributed by atoms with Gasteiger partial charge in [-0.15, -0.1) is 0 Å². The number of carbonyl (C=O) groups is 2. The summed E-state index contributed by atoms with van der Waals surface area (Å²) in [6.45, 7) is 1.69. The molecular formula is C14H19N3O4. The van der Waals surface area contributed by atoms with Gasteiger partial charge in [-0.2, -0.15) is 0 Å². The van der Waals surface area contributed by atoms with Crippen LogP contribution in [-0.2, 0) is 11.3 Å². The number of aromatic carboxylic acids is 1. The van der Waals surface area contributed by atoms with Crippen molar-refractivity contribution in [2.45, 2.75) is 25.5 Å². The highest BCUT2D eigenvalue weighted by Crippen LogP contribution is 2.12. The minimum atomic E-state index is -1.06. The zero-order valence-corrected chi connectivity index (χ0v) is 11.9. The molecule has 0 aromatic carbocycles. The number of amides is 2. The maximum absolute atomic E-state index is 12.0. The van der Waals surface area contributed by atoms with E-state index in [-0.39, 0.29) is 17.8 Å². The number of nitrogens with zero attached hydrogens (tertiary/aromatic N) is 2. The van der Waals surface area contributed by atoms with E-state index in [1.807, 2.05) is 0 Å². The number of ether oxygens (including phenoxy) is 1. The zero-order chi connectivity index (χ0) is 15.2. The van der Waals surface area contributed by atoms with Crippen LogP contribution in [0.4, 0.5) is 4.79 Å². The van der Waals surface area contributed by atoms with Gasteiger partial charge in [-0.1, -0.05) is 6.07 Å². The van der Waals surface area contributed by atoms with Crippen molar-refractivity contribution in [3.05, 3.63) is 29.6 Å². The quantitative estimate of drug-likeness (QED) is 0.867. The maximum atomic E-state index is 12.0. The second-order valence-corrected chi connectivity index (χ2v) is 4.94. The number of pyridine rings is 1. The van der Waals surface area contributed by atoms with Gasteiger partial charge >= 0.3 is 12.0 Å². The molecular weight excluding hydrogens is 274 g/mol. The summed E-state index contributed by atoms with van der Waals surface area (Å²) in [6.07, 6.45) is 3.39. The highest BCUT2D eigenvalue weighted by molar-refractivity contribution is 5.85. The zero-order valence-electron chi connectivity index (χ0n) is 11.9. The van der Waals surface area contributed by atoms with Crippen molar-refractivity contribution in [2.75, 3.05) is 20.2 Å². The molecule has 7 heteroatoms. The van der Waals surface area contributed by atoms with E-state index < -0.39 is 5.97 Å². The van der Waals surface area contributed by atoms with Crippen LogP contribution in [0.25, 0.3) is 0 Å². The van der Waals surface area contributed by atoms with Crippen LogP contribution in [0.3, 0.4) is 0 Å². The molecule has 1 fully saturated rings.